The summed E-state index contributed by atoms with van der Waals surface area (Å²) in [5.41, 5.74) is 1.00. The van der Waals surface area contributed by atoms with Crippen LogP contribution in [0, 0.1) is 0 Å². The zero-order chi connectivity index (χ0) is 8.27. The lowest BCUT2D eigenvalue weighted by molar-refractivity contribution is 0.397. The summed E-state index contributed by atoms with van der Waals surface area (Å²) in [6.45, 7) is 0.834. The molecule has 0 aliphatic heterocycles. The fourth-order valence-corrected chi connectivity index (χ4v) is 1.04. The summed E-state index contributed by atoms with van der Waals surface area (Å²) in [6, 6.07) is 5.65. The molecule has 0 aromatic carbocycles. The molecule has 0 bridgehead atoms. The summed E-state index contributed by atoms with van der Waals surface area (Å²) in [7, 11) is 4.01. The summed E-state index contributed by atoms with van der Waals surface area (Å²) in [6.07, 6.45) is 0. The first-order chi connectivity index (χ1) is 5.18. The minimum atomic E-state index is 0.560. The van der Waals surface area contributed by atoms with E-state index in [2.05, 4.69) is 9.88 Å². The molecule has 0 saturated heterocycles. The predicted octanol–water partition coefficient (Wildman–Crippen LogP) is 1.80. The van der Waals surface area contributed by atoms with Crippen molar-refractivity contribution in [2.24, 2.45) is 0 Å². The van der Waals surface area contributed by atoms with E-state index in [1.165, 1.54) is 0 Å². The Balaban J connectivity index is 2.71. The van der Waals surface area contributed by atoms with Crippen LogP contribution < -0.4 is 0 Å². The van der Waals surface area contributed by atoms with Crippen LogP contribution in [0.2, 0.25) is 5.15 Å². The SMILES string of the molecule is CN(C)Cc1cccc(Cl)n1. The first kappa shape index (κ1) is 8.50. The van der Waals surface area contributed by atoms with Gasteiger partial charge in [-0.15, -0.1) is 0 Å². The molecule has 1 heterocycles. The average Bonchev–Trinajstić information content (AvgIpc) is 1.85. The number of hydrogen-bond acceptors (Lipinski definition) is 2. The van der Waals surface area contributed by atoms with Crippen molar-refractivity contribution in [3.05, 3.63) is 29.0 Å². The first-order valence-corrected chi connectivity index (χ1v) is 3.82. The van der Waals surface area contributed by atoms with Gasteiger partial charge in [-0.3, -0.25) is 0 Å². The van der Waals surface area contributed by atoms with E-state index in [0.717, 1.165) is 12.2 Å². The van der Waals surface area contributed by atoms with E-state index in [1.807, 2.05) is 26.2 Å². The van der Waals surface area contributed by atoms with Crippen LogP contribution in [-0.2, 0) is 6.54 Å². The molecule has 1 aromatic rings. The van der Waals surface area contributed by atoms with Crippen molar-refractivity contribution in [2.75, 3.05) is 14.1 Å². The van der Waals surface area contributed by atoms with Crippen LogP contribution in [-0.4, -0.2) is 24.0 Å². The van der Waals surface area contributed by atoms with Gasteiger partial charge in [0.25, 0.3) is 0 Å². The Morgan fingerprint density at radius 2 is 2.18 bits per heavy atom. The second-order valence-electron chi connectivity index (χ2n) is 2.69. The Kier molecular flexibility index (Phi) is 2.85. The number of aromatic nitrogens is 1. The third kappa shape index (κ3) is 2.87. The number of hydrogen-bond donors (Lipinski definition) is 0. The van der Waals surface area contributed by atoms with Crippen molar-refractivity contribution >= 4 is 11.6 Å². The molecular weight excluding hydrogens is 160 g/mol. The van der Waals surface area contributed by atoms with E-state index in [4.69, 9.17) is 11.6 Å². The average molecular weight is 171 g/mol. The van der Waals surface area contributed by atoms with Crippen molar-refractivity contribution < 1.29 is 0 Å². The third-order valence-electron chi connectivity index (χ3n) is 1.25. The third-order valence-corrected chi connectivity index (χ3v) is 1.46. The highest BCUT2D eigenvalue weighted by Crippen LogP contribution is 2.05. The van der Waals surface area contributed by atoms with Gasteiger partial charge in [0.15, 0.2) is 0 Å². The molecule has 3 heteroatoms. The molecule has 0 aliphatic carbocycles. The van der Waals surface area contributed by atoms with Crippen LogP contribution in [0.1, 0.15) is 5.69 Å². The van der Waals surface area contributed by atoms with Gasteiger partial charge in [-0.2, -0.15) is 0 Å². The normalized spacial score (nSPS) is 10.5. The highest BCUT2D eigenvalue weighted by molar-refractivity contribution is 6.29. The standard InChI is InChI=1S/C8H11ClN2/c1-11(2)6-7-4-3-5-8(9)10-7/h3-5H,6H2,1-2H3. The molecule has 0 unspecified atom stereocenters. The quantitative estimate of drug-likeness (QED) is 0.630. The van der Waals surface area contributed by atoms with Gasteiger partial charge < -0.3 is 4.90 Å². The van der Waals surface area contributed by atoms with Gasteiger partial charge in [-0.25, -0.2) is 4.98 Å². The van der Waals surface area contributed by atoms with Gasteiger partial charge in [-0.1, -0.05) is 17.7 Å². The fourth-order valence-electron chi connectivity index (χ4n) is 0.862. The maximum absolute atomic E-state index is 5.70. The summed E-state index contributed by atoms with van der Waals surface area (Å²) < 4.78 is 0. The maximum atomic E-state index is 5.70. The summed E-state index contributed by atoms with van der Waals surface area (Å²) >= 11 is 5.70. The molecule has 1 rings (SSSR count). The molecule has 0 atom stereocenters. The largest absolute Gasteiger partial charge is 0.304 e. The zero-order valence-electron chi connectivity index (χ0n) is 6.71. The molecule has 11 heavy (non-hydrogen) atoms. The van der Waals surface area contributed by atoms with Crippen LogP contribution in [0.25, 0.3) is 0 Å². The van der Waals surface area contributed by atoms with Gasteiger partial charge in [0.05, 0.1) is 5.69 Å². The van der Waals surface area contributed by atoms with Gasteiger partial charge in [0, 0.05) is 6.54 Å². The van der Waals surface area contributed by atoms with Crippen LogP contribution in [0.5, 0.6) is 0 Å². The molecule has 2 nitrogen and oxygen atoms in total. The molecule has 0 saturated carbocycles. The number of rotatable bonds is 2. The highest BCUT2D eigenvalue weighted by atomic mass is 35.5. The Bertz CT molecular complexity index is 235. The Labute approximate surface area is 71.8 Å². The predicted molar refractivity (Wildman–Crippen MR) is 46.6 cm³/mol. The Morgan fingerprint density at radius 1 is 1.45 bits per heavy atom. The van der Waals surface area contributed by atoms with Gasteiger partial charge >= 0.3 is 0 Å². The van der Waals surface area contributed by atoms with E-state index in [9.17, 15) is 0 Å². The van der Waals surface area contributed by atoms with Gasteiger partial charge in [0.2, 0.25) is 0 Å². The lowest BCUT2D eigenvalue weighted by Crippen LogP contribution is -2.11. The lowest BCUT2D eigenvalue weighted by Gasteiger charge is -2.07. The number of nitrogens with zero attached hydrogens (tertiary/aromatic N) is 2. The van der Waals surface area contributed by atoms with E-state index in [-0.39, 0.29) is 0 Å². The molecule has 60 valence electrons. The van der Waals surface area contributed by atoms with Crippen molar-refractivity contribution in [1.29, 1.82) is 0 Å². The molecule has 1 aromatic heterocycles. The van der Waals surface area contributed by atoms with Crippen LogP contribution in [0.4, 0.5) is 0 Å². The summed E-state index contributed by atoms with van der Waals surface area (Å²) in [5, 5.41) is 0.560. The van der Waals surface area contributed by atoms with Gasteiger partial charge in [-0.05, 0) is 26.2 Å². The molecule has 0 N–H and O–H groups in total. The highest BCUT2D eigenvalue weighted by Gasteiger charge is 1.95. The van der Waals surface area contributed by atoms with E-state index in [1.54, 1.807) is 6.07 Å². The summed E-state index contributed by atoms with van der Waals surface area (Å²) in [5.74, 6) is 0. The van der Waals surface area contributed by atoms with E-state index in [0.29, 0.717) is 5.15 Å². The summed E-state index contributed by atoms with van der Waals surface area (Å²) in [4.78, 5) is 6.19. The molecule has 0 aliphatic rings. The van der Waals surface area contributed by atoms with Crippen molar-refractivity contribution in [2.45, 2.75) is 6.54 Å². The van der Waals surface area contributed by atoms with E-state index >= 15 is 0 Å². The minimum Gasteiger partial charge on any atom is -0.304 e. The Morgan fingerprint density at radius 3 is 2.73 bits per heavy atom. The Hall–Kier alpha value is -0.600. The molecule has 0 radical (unpaired) electrons. The lowest BCUT2D eigenvalue weighted by atomic mass is 10.3. The second kappa shape index (κ2) is 3.69. The number of halogens is 1. The number of pyridine rings is 1. The minimum absolute atomic E-state index is 0.560. The fraction of sp³-hybridized carbons (Fsp3) is 0.375. The first-order valence-electron chi connectivity index (χ1n) is 3.44. The van der Waals surface area contributed by atoms with Crippen molar-refractivity contribution in [3.63, 3.8) is 0 Å². The molecule has 0 fully saturated rings. The zero-order valence-corrected chi connectivity index (χ0v) is 7.47. The molecule has 0 spiro atoms. The molecule has 0 amide bonds. The smallest absolute Gasteiger partial charge is 0.129 e. The van der Waals surface area contributed by atoms with Crippen LogP contribution in [0.3, 0.4) is 0 Å². The van der Waals surface area contributed by atoms with Crippen molar-refractivity contribution in [1.82, 2.24) is 9.88 Å². The van der Waals surface area contributed by atoms with Crippen molar-refractivity contribution in [3.8, 4) is 0 Å². The van der Waals surface area contributed by atoms with E-state index < -0.39 is 0 Å². The topological polar surface area (TPSA) is 16.1 Å². The van der Waals surface area contributed by atoms with Gasteiger partial charge in [0.1, 0.15) is 5.15 Å². The van der Waals surface area contributed by atoms with Crippen LogP contribution >= 0.6 is 11.6 Å². The monoisotopic (exact) mass is 170 g/mol. The molecular formula is C8H11ClN2. The van der Waals surface area contributed by atoms with Crippen LogP contribution in [0.15, 0.2) is 18.2 Å². The maximum Gasteiger partial charge on any atom is 0.129 e. The second-order valence-corrected chi connectivity index (χ2v) is 3.08.